The number of fused-ring (bicyclic) bond motifs is 1. The third-order valence-electron chi connectivity index (χ3n) is 4.46. The third-order valence-corrected chi connectivity index (χ3v) is 5.87. The second kappa shape index (κ2) is 8.84. The maximum atomic E-state index is 6.01. The summed E-state index contributed by atoms with van der Waals surface area (Å²) in [6.45, 7) is 3.16. The lowest BCUT2D eigenvalue weighted by Gasteiger charge is -2.22. The van der Waals surface area contributed by atoms with Gasteiger partial charge in [0, 0.05) is 28.8 Å². The molecule has 0 saturated carbocycles. The van der Waals surface area contributed by atoms with Crippen molar-refractivity contribution in [2.24, 2.45) is 0 Å². The Bertz CT molecular complexity index is 799. The van der Waals surface area contributed by atoms with Crippen molar-refractivity contribution in [1.29, 1.82) is 0 Å². The van der Waals surface area contributed by atoms with E-state index in [1.807, 2.05) is 18.2 Å². The molecule has 0 N–H and O–H groups in total. The van der Waals surface area contributed by atoms with Crippen molar-refractivity contribution in [3.8, 4) is 5.75 Å². The summed E-state index contributed by atoms with van der Waals surface area (Å²) in [5.74, 6) is 1.48. The molecule has 0 saturated heterocycles. The van der Waals surface area contributed by atoms with Crippen LogP contribution < -0.4 is 4.84 Å². The first kappa shape index (κ1) is 18.4. The van der Waals surface area contributed by atoms with Gasteiger partial charge in [0.25, 0.3) is 0 Å². The van der Waals surface area contributed by atoms with E-state index in [0.29, 0.717) is 5.92 Å². The Morgan fingerprint density at radius 2 is 1.88 bits per heavy atom. The average molecular weight is 418 g/mol. The highest BCUT2D eigenvalue weighted by Gasteiger charge is 2.13. The van der Waals surface area contributed by atoms with Crippen LogP contribution in [0.2, 0.25) is 0 Å². The summed E-state index contributed by atoms with van der Waals surface area (Å²) in [6.07, 6.45) is 3.49. The van der Waals surface area contributed by atoms with Crippen LogP contribution in [0.15, 0.2) is 58.4 Å². The normalized spacial score (nSPS) is 12.6. The van der Waals surface area contributed by atoms with Gasteiger partial charge in [0.1, 0.15) is 5.75 Å². The van der Waals surface area contributed by atoms with Crippen molar-refractivity contribution in [3.63, 3.8) is 0 Å². The molecule has 1 aromatic heterocycles. The van der Waals surface area contributed by atoms with Crippen LogP contribution in [0.4, 0.5) is 0 Å². The van der Waals surface area contributed by atoms with E-state index in [-0.39, 0.29) is 0 Å². The molecule has 132 valence electrons. The van der Waals surface area contributed by atoms with Crippen LogP contribution in [0, 0.1) is 0 Å². The number of halogens is 1. The Kier molecular flexibility index (Phi) is 6.51. The number of benzene rings is 2. The molecule has 0 amide bonds. The van der Waals surface area contributed by atoms with Gasteiger partial charge >= 0.3 is 0 Å². The van der Waals surface area contributed by atoms with Crippen LogP contribution in [0.3, 0.4) is 0 Å². The molecule has 25 heavy (non-hydrogen) atoms. The van der Waals surface area contributed by atoms with Gasteiger partial charge in [-0.05, 0) is 65.4 Å². The van der Waals surface area contributed by atoms with E-state index in [1.165, 1.54) is 28.5 Å². The predicted molar refractivity (Wildman–Crippen MR) is 111 cm³/mol. The summed E-state index contributed by atoms with van der Waals surface area (Å²) in [6, 6.07) is 17.2. The predicted octanol–water partition coefficient (Wildman–Crippen LogP) is 6.86. The molecular weight excluding hydrogens is 394 g/mol. The molecule has 0 aliphatic heterocycles. The fourth-order valence-electron chi connectivity index (χ4n) is 3.12. The molecule has 4 heteroatoms. The zero-order valence-corrected chi connectivity index (χ0v) is 17.1. The highest BCUT2D eigenvalue weighted by Crippen LogP contribution is 2.28. The van der Waals surface area contributed by atoms with E-state index in [0.717, 1.165) is 23.2 Å². The number of hydrogen-bond donors (Lipinski definition) is 0. The Hall–Kier alpha value is -1.36. The minimum Gasteiger partial charge on any atom is -0.406 e. The summed E-state index contributed by atoms with van der Waals surface area (Å²) in [7, 11) is 2.02. The SMILES string of the molecule is CCCC(CCN(C)Oc1ccc2ccsc2c1)c1ccc(Br)cc1. The number of hydrogen-bond acceptors (Lipinski definition) is 3. The molecule has 0 aliphatic carbocycles. The first-order chi connectivity index (χ1) is 12.2. The summed E-state index contributed by atoms with van der Waals surface area (Å²) in [5, 5.41) is 5.35. The van der Waals surface area contributed by atoms with Crippen LogP contribution in [-0.4, -0.2) is 18.7 Å². The van der Waals surface area contributed by atoms with Crippen LogP contribution >= 0.6 is 27.3 Å². The van der Waals surface area contributed by atoms with Crippen molar-refractivity contribution >= 4 is 37.4 Å². The van der Waals surface area contributed by atoms with Crippen LogP contribution in [-0.2, 0) is 0 Å². The van der Waals surface area contributed by atoms with Crippen LogP contribution in [0.25, 0.3) is 10.1 Å². The van der Waals surface area contributed by atoms with Crippen molar-refractivity contribution in [1.82, 2.24) is 5.06 Å². The van der Waals surface area contributed by atoms with Crippen molar-refractivity contribution < 1.29 is 4.84 Å². The topological polar surface area (TPSA) is 12.5 Å². The van der Waals surface area contributed by atoms with Gasteiger partial charge in [-0.2, -0.15) is 0 Å². The van der Waals surface area contributed by atoms with Gasteiger partial charge in [-0.25, -0.2) is 0 Å². The second-order valence-corrected chi connectivity index (χ2v) is 8.25. The summed E-state index contributed by atoms with van der Waals surface area (Å²) in [4.78, 5) is 6.01. The fraction of sp³-hybridized carbons (Fsp3) is 0.333. The smallest absolute Gasteiger partial charge is 0.148 e. The molecule has 2 nitrogen and oxygen atoms in total. The maximum Gasteiger partial charge on any atom is 0.148 e. The lowest BCUT2D eigenvalue weighted by atomic mass is 9.91. The van der Waals surface area contributed by atoms with Gasteiger partial charge < -0.3 is 4.84 Å². The summed E-state index contributed by atoms with van der Waals surface area (Å²) >= 11 is 5.27. The highest BCUT2D eigenvalue weighted by atomic mass is 79.9. The summed E-state index contributed by atoms with van der Waals surface area (Å²) < 4.78 is 2.40. The highest BCUT2D eigenvalue weighted by molar-refractivity contribution is 9.10. The molecule has 3 rings (SSSR count). The van der Waals surface area contributed by atoms with Gasteiger partial charge in [-0.3, -0.25) is 0 Å². The number of thiophene rings is 1. The minimum atomic E-state index is 0.573. The zero-order chi connectivity index (χ0) is 17.6. The Balaban J connectivity index is 1.58. The number of rotatable bonds is 8. The third kappa shape index (κ3) is 5.06. The van der Waals surface area contributed by atoms with Gasteiger partial charge in [0.05, 0.1) is 0 Å². The van der Waals surface area contributed by atoms with Crippen LogP contribution in [0.1, 0.15) is 37.7 Å². The standard InChI is InChI=1S/C21H24BrNOS/c1-3-4-16(17-5-8-19(22)9-6-17)11-13-23(2)24-20-10-7-18-12-14-25-21(18)15-20/h5-10,12,14-16H,3-4,11,13H2,1-2H3. The lowest BCUT2D eigenvalue weighted by Crippen LogP contribution is -2.25. The molecule has 0 spiro atoms. The van der Waals surface area contributed by atoms with Gasteiger partial charge in [-0.15, -0.1) is 16.4 Å². The van der Waals surface area contributed by atoms with Crippen molar-refractivity contribution in [2.75, 3.05) is 13.6 Å². The Morgan fingerprint density at radius 3 is 2.64 bits per heavy atom. The van der Waals surface area contributed by atoms with Crippen molar-refractivity contribution in [3.05, 3.63) is 63.9 Å². The monoisotopic (exact) mass is 417 g/mol. The molecule has 0 bridgehead atoms. The van der Waals surface area contributed by atoms with Crippen LogP contribution in [0.5, 0.6) is 5.75 Å². The molecule has 3 aromatic rings. The molecule has 0 fully saturated rings. The van der Waals surface area contributed by atoms with E-state index in [4.69, 9.17) is 4.84 Å². The van der Waals surface area contributed by atoms with E-state index in [1.54, 1.807) is 11.3 Å². The number of nitrogens with zero attached hydrogens (tertiary/aromatic N) is 1. The molecule has 2 aromatic carbocycles. The van der Waals surface area contributed by atoms with E-state index in [2.05, 4.69) is 70.7 Å². The first-order valence-electron chi connectivity index (χ1n) is 8.77. The Labute approximate surface area is 162 Å². The molecule has 1 atom stereocenters. The molecule has 1 unspecified atom stereocenters. The van der Waals surface area contributed by atoms with E-state index in [9.17, 15) is 0 Å². The van der Waals surface area contributed by atoms with Gasteiger partial charge in [-0.1, -0.05) is 41.4 Å². The largest absolute Gasteiger partial charge is 0.406 e. The van der Waals surface area contributed by atoms with Gasteiger partial charge in [0.15, 0.2) is 0 Å². The van der Waals surface area contributed by atoms with Crippen molar-refractivity contribution in [2.45, 2.75) is 32.1 Å². The average Bonchev–Trinajstić information content (AvgIpc) is 3.07. The fourth-order valence-corrected chi connectivity index (χ4v) is 4.20. The first-order valence-corrected chi connectivity index (χ1v) is 10.4. The molecule has 0 aliphatic rings. The van der Waals surface area contributed by atoms with Gasteiger partial charge in [0.2, 0.25) is 0 Å². The molecular formula is C21H24BrNOS. The minimum absolute atomic E-state index is 0.573. The molecule has 0 radical (unpaired) electrons. The number of hydroxylamine groups is 2. The maximum absolute atomic E-state index is 6.01. The molecule has 1 heterocycles. The zero-order valence-electron chi connectivity index (χ0n) is 14.7. The second-order valence-electron chi connectivity index (χ2n) is 6.39. The summed E-state index contributed by atoms with van der Waals surface area (Å²) in [5.41, 5.74) is 1.42. The van der Waals surface area contributed by atoms with E-state index < -0.39 is 0 Å². The quantitative estimate of drug-likeness (QED) is 0.371. The Morgan fingerprint density at radius 1 is 1.08 bits per heavy atom. The lowest BCUT2D eigenvalue weighted by molar-refractivity contribution is -0.0337. The van der Waals surface area contributed by atoms with E-state index >= 15 is 0 Å².